The molecule has 1 amide bonds. The van der Waals surface area contributed by atoms with E-state index in [1.807, 2.05) is 29.2 Å². The molecular weight excluding hydrogens is 498 g/mol. The average molecular weight is 530 g/mol. The summed E-state index contributed by atoms with van der Waals surface area (Å²) >= 11 is 0. The number of anilines is 1. The van der Waals surface area contributed by atoms with Crippen LogP contribution in [0.25, 0.3) is 0 Å². The average Bonchev–Trinajstić information content (AvgIpc) is 3.22. The second-order valence-corrected chi connectivity index (χ2v) is 11.0. The van der Waals surface area contributed by atoms with Crippen LogP contribution < -0.4 is 9.46 Å². The van der Waals surface area contributed by atoms with Crippen LogP contribution in [0.2, 0.25) is 0 Å². The quantitative estimate of drug-likeness (QED) is 0.327. The maximum Gasteiger partial charge on any atom is 0.261 e. The van der Waals surface area contributed by atoms with Gasteiger partial charge in [0, 0.05) is 18.2 Å². The lowest BCUT2D eigenvalue weighted by molar-refractivity contribution is -0.132. The SMILES string of the molecule is C=CC[C@@H]1C[C@@H](COc2ccc(S(=O)(=O)Nc3ccc(C#N)cc3)cc2)N(CCCc2ccccc2)C1=O. The molecule has 1 heterocycles. The monoisotopic (exact) mass is 529 g/mol. The van der Waals surface area contributed by atoms with Crippen LogP contribution in [-0.4, -0.2) is 38.4 Å². The molecule has 3 aromatic rings. The van der Waals surface area contributed by atoms with Gasteiger partial charge in [-0.05, 0) is 79.8 Å². The van der Waals surface area contributed by atoms with Crippen molar-refractivity contribution in [2.75, 3.05) is 17.9 Å². The summed E-state index contributed by atoms with van der Waals surface area (Å²) in [5, 5.41) is 8.90. The highest BCUT2D eigenvalue weighted by molar-refractivity contribution is 7.92. The highest BCUT2D eigenvalue weighted by Crippen LogP contribution is 2.29. The fourth-order valence-electron chi connectivity index (χ4n) is 4.65. The summed E-state index contributed by atoms with van der Waals surface area (Å²) in [5.41, 5.74) is 2.07. The number of nitrogens with one attached hydrogen (secondary N) is 1. The molecule has 1 aliphatic rings. The summed E-state index contributed by atoms with van der Waals surface area (Å²) in [6.45, 7) is 4.79. The van der Waals surface area contributed by atoms with E-state index in [2.05, 4.69) is 23.4 Å². The molecule has 196 valence electrons. The van der Waals surface area contributed by atoms with E-state index in [1.54, 1.807) is 42.5 Å². The van der Waals surface area contributed by atoms with Crippen molar-refractivity contribution < 1.29 is 17.9 Å². The van der Waals surface area contributed by atoms with E-state index in [9.17, 15) is 13.2 Å². The number of benzene rings is 3. The van der Waals surface area contributed by atoms with E-state index >= 15 is 0 Å². The molecule has 1 aliphatic heterocycles. The number of allylic oxidation sites excluding steroid dienone is 1. The second-order valence-electron chi connectivity index (χ2n) is 9.31. The number of nitriles is 1. The van der Waals surface area contributed by atoms with Gasteiger partial charge in [-0.2, -0.15) is 5.26 Å². The number of aryl methyl sites for hydroxylation is 1. The van der Waals surface area contributed by atoms with Crippen LogP contribution in [0.15, 0.2) is 96.4 Å². The first-order valence-electron chi connectivity index (χ1n) is 12.6. The number of sulfonamides is 1. The van der Waals surface area contributed by atoms with Gasteiger partial charge >= 0.3 is 0 Å². The van der Waals surface area contributed by atoms with Crippen LogP contribution in [-0.2, 0) is 21.2 Å². The van der Waals surface area contributed by atoms with E-state index in [4.69, 9.17) is 10.00 Å². The van der Waals surface area contributed by atoms with Gasteiger partial charge in [-0.25, -0.2) is 8.42 Å². The van der Waals surface area contributed by atoms with Crippen molar-refractivity contribution in [3.63, 3.8) is 0 Å². The molecular formula is C30H31N3O4S. The van der Waals surface area contributed by atoms with Crippen molar-refractivity contribution in [3.05, 3.63) is 103 Å². The highest BCUT2D eigenvalue weighted by Gasteiger charge is 2.38. The number of nitrogens with zero attached hydrogens (tertiary/aromatic N) is 2. The molecule has 0 aromatic heterocycles. The number of hydrogen-bond donors (Lipinski definition) is 1. The molecule has 2 atom stereocenters. The van der Waals surface area contributed by atoms with Gasteiger partial charge in [0.2, 0.25) is 5.91 Å². The van der Waals surface area contributed by atoms with Gasteiger partial charge in [0.1, 0.15) is 12.4 Å². The van der Waals surface area contributed by atoms with Gasteiger partial charge in [-0.1, -0.05) is 36.4 Å². The molecule has 7 nitrogen and oxygen atoms in total. The van der Waals surface area contributed by atoms with Crippen LogP contribution >= 0.6 is 0 Å². The summed E-state index contributed by atoms with van der Waals surface area (Å²) in [4.78, 5) is 15.1. The zero-order chi connectivity index (χ0) is 27.0. The number of ether oxygens (including phenoxy) is 1. The normalized spacial score (nSPS) is 17.1. The Morgan fingerprint density at radius 1 is 1.05 bits per heavy atom. The summed E-state index contributed by atoms with van der Waals surface area (Å²) in [6.07, 6.45) is 4.90. The Labute approximate surface area is 224 Å². The highest BCUT2D eigenvalue weighted by atomic mass is 32.2. The Hall–Kier alpha value is -4.09. The third-order valence-electron chi connectivity index (χ3n) is 6.63. The fraction of sp³-hybridized carbons (Fsp3) is 0.267. The van der Waals surface area contributed by atoms with Crippen molar-refractivity contribution in [1.82, 2.24) is 4.90 Å². The maximum absolute atomic E-state index is 13.0. The van der Waals surface area contributed by atoms with E-state index in [-0.39, 0.29) is 22.8 Å². The first-order valence-corrected chi connectivity index (χ1v) is 14.1. The second kappa shape index (κ2) is 12.4. The van der Waals surface area contributed by atoms with E-state index < -0.39 is 10.0 Å². The third-order valence-corrected chi connectivity index (χ3v) is 8.03. The van der Waals surface area contributed by atoms with Crippen LogP contribution in [0.4, 0.5) is 5.69 Å². The number of rotatable bonds is 12. The fourth-order valence-corrected chi connectivity index (χ4v) is 5.71. The van der Waals surface area contributed by atoms with Gasteiger partial charge in [-0.3, -0.25) is 9.52 Å². The maximum atomic E-state index is 13.0. The molecule has 0 saturated carbocycles. The number of amides is 1. The number of likely N-dealkylation sites (tertiary alicyclic amines) is 1. The minimum Gasteiger partial charge on any atom is -0.491 e. The van der Waals surface area contributed by atoms with Gasteiger partial charge in [0.25, 0.3) is 10.0 Å². The van der Waals surface area contributed by atoms with E-state index in [0.717, 1.165) is 12.8 Å². The Morgan fingerprint density at radius 2 is 1.76 bits per heavy atom. The minimum atomic E-state index is -3.79. The molecule has 38 heavy (non-hydrogen) atoms. The third kappa shape index (κ3) is 6.81. The molecule has 8 heteroatoms. The molecule has 3 aromatic carbocycles. The lowest BCUT2D eigenvalue weighted by Gasteiger charge is -2.25. The first kappa shape index (κ1) is 27.0. The summed E-state index contributed by atoms with van der Waals surface area (Å²) in [7, 11) is -3.79. The molecule has 1 saturated heterocycles. The first-order chi connectivity index (χ1) is 18.4. The lowest BCUT2D eigenvalue weighted by Crippen LogP contribution is -2.38. The van der Waals surface area contributed by atoms with Crippen LogP contribution in [0.3, 0.4) is 0 Å². The number of hydrogen-bond acceptors (Lipinski definition) is 5. The van der Waals surface area contributed by atoms with Crippen molar-refractivity contribution in [3.8, 4) is 11.8 Å². The molecule has 0 bridgehead atoms. The largest absolute Gasteiger partial charge is 0.491 e. The molecule has 0 radical (unpaired) electrons. The standard InChI is InChI=1S/C30H31N3O4S/c1-2-7-25-20-27(33(30(25)34)19-6-10-23-8-4-3-5-9-23)22-37-28-15-17-29(18-16-28)38(35,36)32-26-13-11-24(21-31)12-14-26/h2-5,8-9,11-18,25,27,32H,1,6-7,10,19-20,22H2/t25-,27+/m1/s1. The van der Waals surface area contributed by atoms with Crippen molar-refractivity contribution >= 4 is 21.6 Å². The van der Waals surface area contributed by atoms with Gasteiger partial charge in [0.05, 0.1) is 22.6 Å². The Bertz CT molecular complexity index is 1380. The van der Waals surface area contributed by atoms with Crippen LogP contribution in [0.1, 0.15) is 30.4 Å². The minimum absolute atomic E-state index is 0.0512. The van der Waals surface area contributed by atoms with Crippen LogP contribution in [0, 0.1) is 17.2 Å². The van der Waals surface area contributed by atoms with Gasteiger partial charge in [0.15, 0.2) is 0 Å². The summed E-state index contributed by atoms with van der Waals surface area (Å²) < 4.78 is 34.0. The molecule has 1 N–H and O–H groups in total. The molecule has 0 spiro atoms. The Morgan fingerprint density at radius 3 is 2.42 bits per heavy atom. The number of carbonyl (C=O) groups excluding carboxylic acids is 1. The van der Waals surface area contributed by atoms with Gasteiger partial charge < -0.3 is 9.64 Å². The molecule has 0 aliphatic carbocycles. The molecule has 4 rings (SSSR count). The summed E-state index contributed by atoms with van der Waals surface area (Å²) in [6, 6.07) is 24.6. The topological polar surface area (TPSA) is 99.5 Å². The predicted octanol–water partition coefficient (Wildman–Crippen LogP) is 5.16. The van der Waals surface area contributed by atoms with Crippen molar-refractivity contribution in [2.45, 2.75) is 36.6 Å². The molecule has 0 unspecified atom stereocenters. The van der Waals surface area contributed by atoms with Crippen molar-refractivity contribution in [1.29, 1.82) is 5.26 Å². The van der Waals surface area contributed by atoms with E-state index in [1.165, 1.54) is 17.7 Å². The zero-order valence-corrected chi connectivity index (χ0v) is 21.9. The van der Waals surface area contributed by atoms with Crippen LogP contribution in [0.5, 0.6) is 5.75 Å². The smallest absolute Gasteiger partial charge is 0.261 e. The number of carbonyl (C=O) groups is 1. The summed E-state index contributed by atoms with van der Waals surface area (Å²) in [5.74, 6) is 0.590. The van der Waals surface area contributed by atoms with Gasteiger partial charge in [-0.15, -0.1) is 6.58 Å². The van der Waals surface area contributed by atoms with E-state index in [0.29, 0.717) is 43.0 Å². The predicted molar refractivity (Wildman–Crippen MR) is 147 cm³/mol. The Kier molecular flexibility index (Phi) is 8.82. The molecule has 1 fully saturated rings. The van der Waals surface area contributed by atoms with Crippen molar-refractivity contribution in [2.24, 2.45) is 5.92 Å². The lowest BCUT2D eigenvalue weighted by atomic mass is 10.0. The zero-order valence-electron chi connectivity index (χ0n) is 21.1. The Balaban J connectivity index is 1.36.